The minimum atomic E-state index is -1.01. The van der Waals surface area contributed by atoms with E-state index in [1.54, 1.807) is 42.5 Å². The molecule has 0 saturated carbocycles. The van der Waals surface area contributed by atoms with E-state index < -0.39 is 17.7 Å². The number of hydrogen-bond donors (Lipinski definition) is 1. The first-order valence-electron chi connectivity index (χ1n) is 14.3. The van der Waals surface area contributed by atoms with Gasteiger partial charge in [0.2, 0.25) is 5.13 Å². The van der Waals surface area contributed by atoms with E-state index in [1.165, 1.54) is 42.2 Å². The minimum Gasteiger partial charge on any atom is -0.507 e. The summed E-state index contributed by atoms with van der Waals surface area (Å²) in [7, 11) is 3.06. The molecule has 2 heterocycles. The van der Waals surface area contributed by atoms with Crippen molar-refractivity contribution in [1.29, 1.82) is 0 Å². The fourth-order valence-corrected chi connectivity index (χ4v) is 7.02. The summed E-state index contributed by atoms with van der Waals surface area (Å²) in [5, 5.41) is 20.9. The molecular formula is C33H32ClN3O6S2. The van der Waals surface area contributed by atoms with Crippen LogP contribution in [0.2, 0.25) is 5.02 Å². The number of carbonyl (C=O) groups is 2. The highest BCUT2D eigenvalue weighted by Crippen LogP contribution is 2.46. The molecule has 1 unspecified atom stereocenters. The van der Waals surface area contributed by atoms with E-state index in [9.17, 15) is 14.7 Å². The number of aliphatic hydroxyl groups is 1. The summed E-state index contributed by atoms with van der Waals surface area (Å²) < 4.78 is 17.4. The van der Waals surface area contributed by atoms with Gasteiger partial charge >= 0.3 is 5.91 Å². The molecule has 3 aromatic carbocycles. The smallest absolute Gasteiger partial charge is 0.301 e. The van der Waals surface area contributed by atoms with Gasteiger partial charge in [-0.05, 0) is 60.0 Å². The molecule has 5 rings (SSSR count). The SMILES string of the molecule is CCCCCOc1ccc(C2/C(=C(/O)c3ccc(OC)cc3)C(=O)C(=O)N2c2nnc(SCc3ccccc3Cl)s2)cc1OC. The number of ether oxygens (including phenoxy) is 3. The Morgan fingerprint density at radius 1 is 1.00 bits per heavy atom. The maximum absolute atomic E-state index is 13.7. The number of thioether (sulfide) groups is 1. The van der Waals surface area contributed by atoms with Crippen LogP contribution in [0.4, 0.5) is 5.13 Å². The highest BCUT2D eigenvalue weighted by molar-refractivity contribution is 8.00. The van der Waals surface area contributed by atoms with Gasteiger partial charge in [-0.15, -0.1) is 10.2 Å². The van der Waals surface area contributed by atoms with Crippen LogP contribution in [-0.2, 0) is 15.3 Å². The van der Waals surface area contributed by atoms with Crippen molar-refractivity contribution in [3.63, 3.8) is 0 Å². The summed E-state index contributed by atoms with van der Waals surface area (Å²) in [6.07, 6.45) is 3.01. The largest absolute Gasteiger partial charge is 0.507 e. The standard InChI is InChI=1S/C33H32ClN3O6S2/c1-4-5-8-17-43-25-16-13-21(18-26(25)42-3)28-27(29(38)20-11-14-23(41-2)15-12-20)30(39)31(40)37(28)32-35-36-33(45-32)44-19-22-9-6-7-10-24(22)34/h6-7,9-16,18,28,38H,4-5,8,17,19H2,1-3H3/b29-27-. The highest BCUT2D eigenvalue weighted by atomic mass is 35.5. The van der Waals surface area contributed by atoms with Crippen molar-refractivity contribution in [3.8, 4) is 17.2 Å². The normalized spacial score (nSPS) is 15.8. The molecule has 1 saturated heterocycles. The van der Waals surface area contributed by atoms with Gasteiger partial charge in [0.15, 0.2) is 15.8 Å². The number of nitrogens with zero attached hydrogens (tertiary/aromatic N) is 3. The number of amides is 1. The Balaban J connectivity index is 1.54. The number of aromatic nitrogens is 2. The van der Waals surface area contributed by atoms with Gasteiger partial charge in [0.25, 0.3) is 5.78 Å². The van der Waals surface area contributed by atoms with Crippen molar-refractivity contribution in [2.45, 2.75) is 42.3 Å². The molecule has 12 heteroatoms. The number of anilines is 1. The number of carbonyl (C=O) groups excluding carboxylic acids is 2. The topological polar surface area (TPSA) is 111 Å². The lowest BCUT2D eigenvalue weighted by molar-refractivity contribution is -0.132. The third-order valence-corrected chi connectivity index (χ3v) is 9.70. The molecule has 1 aromatic heterocycles. The van der Waals surface area contributed by atoms with Crippen LogP contribution in [0.3, 0.4) is 0 Å². The van der Waals surface area contributed by atoms with Crippen molar-refractivity contribution in [3.05, 3.63) is 94.0 Å². The lowest BCUT2D eigenvalue weighted by Gasteiger charge is -2.23. The molecule has 45 heavy (non-hydrogen) atoms. The van der Waals surface area contributed by atoms with Gasteiger partial charge in [0.05, 0.1) is 32.4 Å². The Bertz CT molecular complexity index is 1710. The molecule has 234 valence electrons. The Morgan fingerprint density at radius 2 is 1.78 bits per heavy atom. The number of aliphatic hydroxyl groups excluding tert-OH is 1. The summed E-state index contributed by atoms with van der Waals surface area (Å²) in [5.74, 6) is 0.121. The second-order valence-electron chi connectivity index (χ2n) is 10.1. The van der Waals surface area contributed by atoms with Gasteiger partial charge in [0.1, 0.15) is 11.5 Å². The van der Waals surface area contributed by atoms with Crippen LogP contribution in [0.15, 0.2) is 76.6 Å². The first kappa shape index (κ1) is 32.3. The average Bonchev–Trinajstić information content (AvgIpc) is 3.64. The second kappa shape index (κ2) is 14.8. The van der Waals surface area contributed by atoms with E-state index in [1.807, 2.05) is 24.3 Å². The molecule has 9 nitrogen and oxygen atoms in total. The number of rotatable bonds is 13. The van der Waals surface area contributed by atoms with Crippen LogP contribution in [0, 0.1) is 0 Å². The van der Waals surface area contributed by atoms with Gasteiger partial charge in [-0.2, -0.15) is 0 Å². The lowest BCUT2D eigenvalue weighted by Crippen LogP contribution is -2.29. The Kier molecular flexibility index (Phi) is 10.6. The van der Waals surface area contributed by atoms with E-state index >= 15 is 0 Å². The maximum atomic E-state index is 13.7. The summed E-state index contributed by atoms with van der Waals surface area (Å²) in [6, 6.07) is 18.3. The molecule has 0 radical (unpaired) electrons. The Hall–Kier alpha value is -4.06. The molecule has 1 N–H and O–H groups in total. The number of methoxy groups -OCH3 is 2. The highest BCUT2D eigenvalue weighted by Gasteiger charge is 2.48. The average molecular weight is 666 g/mol. The van der Waals surface area contributed by atoms with Crippen LogP contribution in [0.1, 0.15) is 48.9 Å². The van der Waals surface area contributed by atoms with Crippen molar-refractivity contribution in [1.82, 2.24) is 10.2 Å². The van der Waals surface area contributed by atoms with Crippen molar-refractivity contribution in [2.24, 2.45) is 0 Å². The van der Waals surface area contributed by atoms with Crippen LogP contribution >= 0.6 is 34.7 Å². The summed E-state index contributed by atoms with van der Waals surface area (Å²) in [5.41, 5.74) is 1.74. The van der Waals surface area contributed by atoms with Gasteiger partial charge < -0.3 is 19.3 Å². The number of Topliss-reactive ketones (excluding diaryl/α,β-unsaturated/α-hetero) is 1. The van der Waals surface area contributed by atoms with Gasteiger partial charge in [-0.3, -0.25) is 14.5 Å². The minimum absolute atomic E-state index is 0.0793. The fraction of sp³-hybridized carbons (Fsp3) is 0.273. The van der Waals surface area contributed by atoms with E-state index in [0.29, 0.717) is 50.1 Å². The van der Waals surface area contributed by atoms with Gasteiger partial charge in [-0.1, -0.05) is 78.7 Å². The molecule has 0 spiro atoms. The lowest BCUT2D eigenvalue weighted by atomic mass is 9.95. The van der Waals surface area contributed by atoms with Crippen LogP contribution in [0.5, 0.6) is 17.2 Å². The predicted molar refractivity (Wildman–Crippen MR) is 177 cm³/mol. The third kappa shape index (κ3) is 7.11. The molecule has 1 atom stereocenters. The maximum Gasteiger partial charge on any atom is 0.301 e. The van der Waals surface area contributed by atoms with Crippen molar-refractivity contribution >= 4 is 57.3 Å². The van der Waals surface area contributed by atoms with E-state index in [2.05, 4.69) is 17.1 Å². The first-order chi connectivity index (χ1) is 21.9. The van der Waals surface area contributed by atoms with E-state index in [-0.39, 0.29) is 16.5 Å². The zero-order valence-corrected chi connectivity index (χ0v) is 27.4. The Labute approximate surface area is 274 Å². The van der Waals surface area contributed by atoms with Crippen LogP contribution in [0.25, 0.3) is 5.76 Å². The van der Waals surface area contributed by atoms with E-state index in [0.717, 1.165) is 24.8 Å². The van der Waals surface area contributed by atoms with Crippen LogP contribution < -0.4 is 19.1 Å². The van der Waals surface area contributed by atoms with Crippen LogP contribution in [-0.4, -0.2) is 47.8 Å². The number of hydrogen-bond acceptors (Lipinski definition) is 10. The number of benzene rings is 3. The molecule has 0 bridgehead atoms. The van der Waals surface area contributed by atoms with Gasteiger partial charge in [-0.25, -0.2) is 0 Å². The number of ketones is 1. The van der Waals surface area contributed by atoms with Gasteiger partial charge in [0, 0.05) is 16.3 Å². The van der Waals surface area contributed by atoms with Crippen molar-refractivity contribution < 1.29 is 28.9 Å². The zero-order chi connectivity index (χ0) is 31.9. The Morgan fingerprint density at radius 3 is 2.49 bits per heavy atom. The molecular weight excluding hydrogens is 634 g/mol. The quantitative estimate of drug-likeness (QED) is 0.0383. The zero-order valence-electron chi connectivity index (χ0n) is 25.0. The fourth-order valence-electron chi connectivity index (χ4n) is 4.87. The second-order valence-corrected chi connectivity index (χ2v) is 12.7. The molecule has 0 aliphatic carbocycles. The monoisotopic (exact) mass is 665 g/mol. The first-order valence-corrected chi connectivity index (χ1v) is 16.5. The molecule has 4 aromatic rings. The molecule has 1 aliphatic heterocycles. The summed E-state index contributed by atoms with van der Waals surface area (Å²) >= 11 is 8.92. The number of unbranched alkanes of at least 4 members (excludes halogenated alkanes) is 2. The predicted octanol–water partition coefficient (Wildman–Crippen LogP) is 7.70. The van der Waals surface area contributed by atoms with E-state index in [4.69, 9.17) is 25.8 Å². The summed E-state index contributed by atoms with van der Waals surface area (Å²) in [6.45, 7) is 2.65. The molecule has 1 fully saturated rings. The summed E-state index contributed by atoms with van der Waals surface area (Å²) in [4.78, 5) is 28.6. The van der Waals surface area contributed by atoms with Crippen molar-refractivity contribution in [2.75, 3.05) is 25.7 Å². The number of halogens is 1. The molecule has 1 amide bonds. The molecule has 1 aliphatic rings. The third-order valence-electron chi connectivity index (χ3n) is 7.23.